The van der Waals surface area contributed by atoms with Crippen molar-refractivity contribution in [1.29, 1.82) is 0 Å². The Morgan fingerprint density at radius 3 is 2.47 bits per heavy atom. The van der Waals surface area contributed by atoms with E-state index in [4.69, 9.17) is 18.6 Å². The van der Waals surface area contributed by atoms with Gasteiger partial charge < -0.3 is 23.5 Å². The Morgan fingerprint density at radius 1 is 1.03 bits per heavy atom. The van der Waals surface area contributed by atoms with Crippen molar-refractivity contribution in [3.05, 3.63) is 59.8 Å². The van der Waals surface area contributed by atoms with Crippen molar-refractivity contribution in [2.45, 2.75) is 0 Å². The molecule has 0 N–H and O–H groups in total. The van der Waals surface area contributed by atoms with Gasteiger partial charge in [-0.1, -0.05) is 0 Å². The van der Waals surface area contributed by atoms with E-state index in [1.807, 2.05) is 0 Å². The summed E-state index contributed by atoms with van der Waals surface area (Å²) < 4.78 is 35.1. The molecule has 0 radical (unpaired) electrons. The van der Waals surface area contributed by atoms with Crippen LogP contribution in [0.2, 0.25) is 0 Å². The van der Waals surface area contributed by atoms with E-state index >= 15 is 0 Å². The van der Waals surface area contributed by atoms with Crippen LogP contribution < -0.4 is 4.90 Å². The molecular weight excluding hydrogens is 423 g/mol. The van der Waals surface area contributed by atoms with Crippen molar-refractivity contribution in [1.82, 2.24) is 15.2 Å². The van der Waals surface area contributed by atoms with Gasteiger partial charge in [0.15, 0.2) is 0 Å². The molecule has 4 rings (SSSR count). The van der Waals surface area contributed by atoms with Crippen LogP contribution in [0.4, 0.5) is 10.1 Å². The first kappa shape index (κ1) is 21.1. The standard InChI is InChI=1S/C21H17FN4O6/c1-29-20(27)15-10-31-11-26(17(15)21(28)30-2)16-4-3-13(22)9-14(16)19-25-24-18(32-19)12-5-7-23-8-6-12/h3-9H,10-11H2,1-2H3. The van der Waals surface area contributed by atoms with Crippen LogP contribution in [0.25, 0.3) is 22.9 Å². The van der Waals surface area contributed by atoms with Crippen LogP contribution in [-0.2, 0) is 23.8 Å². The maximum atomic E-state index is 14.2. The van der Waals surface area contributed by atoms with E-state index in [-0.39, 0.29) is 47.6 Å². The molecule has 0 fully saturated rings. The fourth-order valence-corrected chi connectivity index (χ4v) is 3.19. The number of benzene rings is 1. The predicted molar refractivity (Wildman–Crippen MR) is 107 cm³/mol. The first-order chi connectivity index (χ1) is 15.5. The average Bonchev–Trinajstić information content (AvgIpc) is 3.33. The van der Waals surface area contributed by atoms with Gasteiger partial charge in [0.05, 0.1) is 37.7 Å². The fraction of sp³-hybridized carbons (Fsp3) is 0.190. The fourth-order valence-electron chi connectivity index (χ4n) is 3.19. The largest absolute Gasteiger partial charge is 0.466 e. The maximum Gasteiger partial charge on any atom is 0.355 e. The number of halogens is 1. The molecule has 0 atom stereocenters. The second-order valence-corrected chi connectivity index (χ2v) is 6.53. The van der Waals surface area contributed by atoms with Gasteiger partial charge in [-0.15, -0.1) is 10.2 Å². The number of anilines is 1. The normalized spacial score (nSPS) is 13.8. The van der Waals surface area contributed by atoms with Gasteiger partial charge in [-0.25, -0.2) is 14.0 Å². The summed E-state index contributed by atoms with van der Waals surface area (Å²) in [5.41, 5.74) is 0.976. The average molecular weight is 440 g/mol. The van der Waals surface area contributed by atoms with Crippen LogP contribution >= 0.6 is 0 Å². The molecule has 1 aliphatic heterocycles. The number of carbonyl (C=O) groups is 2. The Morgan fingerprint density at radius 2 is 1.75 bits per heavy atom. The second kappa shape index (κ2) is 8.94. The molecule has 164 valence electrons. The van der Waals surface area contributed by atoms with Crippen LogP contribution in [0.1, 0.15) is 0 Å². The van der Waals surface area contributed by atoms with E-state index in [1.165, 1.54) is 37.3 Å². The first-order valence-corrected chi connectivity index (χ1v) is 9.32. The monoisotopic (exact) mass is 440 g/mol. The highest BCUT2D eigenvalue weighted by Crippen LogP contribution is 2.36. The molecule has 1 aliphatic rings. The van der Waals surface area contributed by atoms with Crippen molar-refractivity contribution < 1.29 is 32.6 Å². The molecule has 0 unspecified atom stereocenters. The first-order valence-electron chi connectivity index (χ1n) is 9.32. The number of nitrogens with zero attached hydrogens (tertiary/aromatic N) is 4. The van der Waals surface area contributed by atoms with Crippen LogP contribution in [0, 0.1) is 5.82 Å². The van der Waals surface area contributed by atoms with Gasteiger partial charge in [0.2, 0.25) is 11.8 Å². The number of aromatic nitrogens is 3. The zero-order valence-corrected chi connectivity index (χ0v) is 17.1. The van der Waals surface area contributed by atoms with Crippen LogP contribution in [0.3, 0.4) is 0 Å². The van der Waals surface area contributed by atoms with Crippen molar-refractivity contribution in [2.75, 3.05) is 32.5 Å². The highest BCUT2D eigenvalue weighted by Gasteiger charge is 2.34. The zero-order valence-electron chi connectivity index (χ0n) is 17.1. The molecule has 11 heteroatoms. The van der Waals surface area contributed by atoms with Gasteiger partial charge in [-0.2, -0.15) is 0 Å². The Kier molecular flexibility index (Phi) is 5.90. The summed E-state index contributed by atoms with van der Waals surface area (Å²) in [6, 6.07) is 7.15. The smallest absolute Gasteiger partial charge is 0.355 e. The van der Waals surface area contributed by atoms with E-state index in [2.05, 4.69) is 15.2 Å². The lowest BCUT2D eigenvalue weighted by molar-refractivity contribution is -0.140. The maximum absolute atomic E-state index is 14.2. The Hall–Kier alpha value is -4.12. The van der Waals surface area contributed by atoms with Crippen molar-refractivity contribution in [2.24, 2.45) is 0 Å². The number of esters is 2. The number of ether oxygens (including phenoxy) is 3. The van der Waals surface area contributed by atoms with E-state index < -0.39 is 17.8 Å². The number of hydrogen-bond acceptors (Lipinski definition) is 10. The van der Waals surface area contributed by atoms with E-state index in [1.54, 1.807) is 24.5 Å². The summed E-state index contributed by atoms with van der Waals surface area (Å²) in [7, 11) is 2.37. The highest BCUT2D eigenvalue weighted by molar-refractivity contribution is 6.04. The third kappa shape index (κ3) is 3.93. The van der Waals surface area contributed by atoms with E-state index in [0.717, 1.165) is 0 Å². The molecule has 1 aromatic carbocycles. The lowest BCUT2D eigenvalue weighted by atomic mass is 10.1. The second-order valence-electron chi connectivity index (χ2n) is 6.53. The van der Waals surface area contributed by atoms with Gasteiger partial charge in [-0.3, -0.25) is 4.98 Å². The SMILES string of the molecule is COC(=O)C1=C(C(=O)OC)N(c2ccc(F)cc2-c2nnc(-c3ccncc3)o2)COC1. The molecule has 0 amide bonds. The van der Waals surface area contributed by atoms with Gasteiger partial charge in [0.1, 0.15) is 18.2 Å². The minimum atomic E-state index is -0.785. The summed E-state index contributed by atoms with van der Waals surface area (Å²) in [5.74, 6) is -1.90. The van der Waals surface area contributed by atoms with Gasteiger partial charge in [-0.05, 0) is 30.3 Å². The summed E-state index contributed by atoms with van der Waals surface area (Å²) in [5, 5.41) is 8.04. The minimum absolute atomic E-state index is 0.000666. The third-order valence-electron chi connectivity index (χ3n) is 4.67. The van der Waals surface area contributed by atoms with Crippen molar-refractivity contribution >= 4 is 17.6 Å². The summed E-state index contributed by atoms with van der Waals surface area (Å²) >= 11 is 0. The number of pyridine rings is 1. The van der Waals surface area contributed by atoms with Gasteiger partial charge in [0, 0.05) is 18.0 Å². The molecule has 3 heterocycles. The molecule has 3 aromatic rings. The van der Waals surface area contributed by atoms with E-state index in [9.17, 15) is 14.0 Å². The van der Waals surface area contributed by atoms with Gasteiger partial charge in [0.25, 0.3) is 0 Å². The lowest BCUT2D eigenvalue weighted by Gasteiger charge is -2.32. The predicted octanol–water partition coefficient (Wildman–Crippen LogP) is 2.33. The molecule has 0 aliphatic carbocycles. The molecule has 0 spiro atoms. The van der Waals surface area contributed by atoms with Crippen LogP contribution in [0.15, 0.2) is 58.4 Å². The summed E-state index contributed by atoms with van der Waals surface area (Å²) in [4.78, 5) is 30.1. The molecule has 32 heavy (non-hydrogen) atoms. The molecule has 0 saturated heterocycles. The minimum Gasteiger partial charge on any atom is -0.466 e. The highest BCUT2D eigenvalue weighted by atomic mass is 19.1. The zero-order chi connectivity index (χ0) is 22.7. The molecule has 0 bridgehead atoms. The Bertz CT molecular complexity index is 1190. The number of hydrogen-bond donors (Lipinski definition) is 0. The third-order valence-corrected chi connectivity index (χ3v) is 4.67. The van der Waals surface area contributed by atoms with Crippen molar-refractivity contribution in [3.63, 3.8) is 0 Å². The number of rotatable bonds is 5. The Labute approximate surface area is 181 Å². The summed E-state index contributed by atoms with van der Waals surface area (Å²) in [6.45, 7) is -0.272. The van der Waals surface area contributed by atoms with Crippen molar-refractivity contribution in [3.8, 4) is 22.9 Å². The van der Waals surface area contributed by atoms with Crippen LogP contribution in [-0.4, -0.2) is 54.7 Å². The topological polar surface area (TPSA) is 117 Å². The number of carbonyl (C=O) groups excluding carboxylic acids is 2. The van der Waals surface area contributed by atoms with Gasteiger partial charge >= 0.3 is 11.9 Å². The molecule has 10 nitrogen and oxygen atoms in total. The number of methoxy groups -OCH3 is 2. The van der Waals surface area contributed by atoms with Crippen LogP contribution in [0.5, 0.6) is 0 Å². The Balaban J connectivity index is 1.84. The molecule has 0 saturated carbocycles. The lowest BCUT2D eigenvalue weighted by Crippen LogP contribution is -2.39. The molecular formula is C21H17FN4O6. The van der Waals surface area contributed by atoms with E-state index in [0.29, 0.717) is 5.56 Å². The quantitative estimate of drug-likeness (QED) is 0.547. The molecule has 2 aromatic heterocycles. The summed E-state index contributed by atoms with van der Waals surface area (Å²) in [6.07, 6.45) is 3.14.